The zero-order chi connectivity index (χ0) is 14.5. The Kier molecular flexibility index (Phi) is 4.84. The number of rotatable bonds is 5. The van der Waals surface area contributed by atoms with Crippen LogP contribution in [0.3, 0.4) is 0 Å². The molecule has 1 aliphatic rings. The molecular weight excluding hydrogens is 280 g/mol. The Morgan fingerprint density at radius 1 is 1.45 bits per heavy atom. The number of alkyl halides is 1. The third kappa shape index (κ3) is 3.42. The van der Waals surface area contributed by atoms with Gasteiger partial charge in [-0.05, 0) is 24.3 Å². The lowest BCUT2D eigenvalue weighted by atomic mass is 10.2. The number of benzene rings is 1. The van der Waals surface area contributed by atoms with Gasteiger partial charge < -0.3 is 15.0 Å². The van der Waals surface area contributed by atoms with Gasteiger partial charge in [0.25, 0.3) is 0 Å². The molecule has 20 heavy (non-hydrogen) atoms. The van der Waals surface area contributed by atoms with Gasteiger partial charge >= 0.3 is 0 Å². The van der Waals surface area contributed by atoms with Crippen LogP contribution in [-0.2, 0) is 9.59 Å². The SMILES string of the molecule is COc1ccc(N2C[C@@H](NC(=O)CCCl)CC2=O)cc1. The first-order valence-corrected chi connectivity index (χ1v) is 6.97. The first kappa shape index (κ1) is 14.7. The van der Waals surface area contributed by atoms with Crippen LogP contribution in [-0.4, -0.2) is 37.4 Å². The smallest absolute Gasteiger partial charge is 0.229 e. The van der Waals surface area contributed by atoms with Crippen LogP contribution in [0.1, 0.15) is 12.8 Å². The summed E-state index contributed by atoms with van der Waals surface area (Å²) in [7, 11) is 1.60. The third-order valence-corrected chi connectivity index (χ3v) is 3.38. The normalized spacial score (nSPS) is 18.2. The molecule has 108 valence electrons. The molecule has 2 amide bonds. The topological polar surface area (TPSA) is 58.6 Å². The van der Waals surface area contributed by atoms with E-state index in [0.717, 1.165) is 11.4 Å². The van der Waals surface area contributed by atoms with E-state index in [0.29, 0.717) is 13.0 Å². The highest BCUT2D eigenvalue weighted by atomic mass is 35.5. The van der Waals surface area contributed by atoms with Gasteiger partial charge in [0.15, 0.2) is 0 Å². The molecule has 1 heterocycles. The molecule has 0 radical (unpaired) electrons. The summed E-state index contributed by atoms with van der Waals surface area (Å²) in [5.41, 5.74) is 0.810. The monoisotopic (exact) mass is 296 g/mol. The fraction of sp³-hybridized carbons (Fsp3) is 0.429. The average molecular weight is 297 g/mol. The summed E-state index contributed by atoms with van der Waals surface area (Å²) >= 11 is 5.51. The van der Waals surface area contributed by atoms with Gasteiger partial charge in [-0.25, -0.2) is 0 Å². The summed E-state index contributed by atoms with van der Waals surface area (Å²) < 4.78 is 5.09. The molecular formula is C14H17ClN2O3. The molecule has 1 N–H and O–H groups in total. The Bertz CT molecular complexity index is 490. The van der Waals surface area contributed by atoms with Crippen molar-refractivity contribution in [2.75, 3.05) is 24.4 Å². The van der Waals surface area contributed by atoms with E-state index in [9.17, 15) is 9.59 Å². The van der Waals surface area contributed by atoms with E-state index in [1.165, 1.54) is 0 Å². The van der Waals surface area contributed by atoms with Crippen molar-refractivity contribution in [3.63, 3.8) is 0 Å². The van der Waals surface area contributed by atoms with Crippen molar-refractivity contribution in [3.8, 4) is 5.75 Å². The van der Waals surface area contributed by atoms with Crippen molar-refractivity contribution in [1.29, 1.82) is 0 Å². The fourth-order valence-electron chi connectivity index (χ4n) is 2.20. The maximum Gasteiger partial charge on any atom is 0.229 e. The second-order valence-electron chi connectivity index (χ2n) is 4.61. The van der Waals surface area contributed by atoms with Crippen molar-refractivity contribution in [1.82, 2.24) is 5.32 Å². The van der Waals surface area contributed by atoms with Crippen molar-refractivity contribution in [2.24, 2.45) is 0 Å². The molecule has 0 unspecified atom stereocenters. The maximum absolute atomic E-state index is 12.0. The summed E-state index contributed by atoms with van der Waals surface area (Å²) in [6, 6.07) is 7.13. The summed E-state index contributed by atoms with van der Waals surface area (Å²) in [5, 5.41) is 2.82. The van der Waals surface area contributed by atoms with Gasteiger partial charge in [0.05, 0.1) is 13.2 Å². The quantitative estimate of drug-likeness (QED) is 0.839. The predicted molar refractivity (Wildman–Crippen MR) is 77.2 cm³/mol. The van der Waals surface area contributed by atoms with Gasteiger partial charge in [-0.2, -0.15) is 0 Å². The number of methoxy groups -OCH3 is 1. The molecule has 1 saturated heterocycles. The summed E-state index contributed by atoms with van der Waals surface area (Å²) in [6.07, 6.45) is 0.592. The number of nitrogens with zero attached hydrogens (tertiary/aromatic N) is 1. The molecule has 0 bridgehead atoms. The summed E-state index contributed by atoms with van der Waals surface area (Å²) in [5.74, 6) is 0.919. The van der Waals surface area contributed by atoms with Gasteiger partial charge in [-0.15, -0.1) is 11.6 Å². The Balaban J connectivity index is 1.99. The van der Waals surface area contributed by atoms with Crippen LogP contribution in [0, 0.1) is 0 Å². The number of ether oxygens (including phenoxy) is 1. The van der Waals surface area contributed by atoms with Gasteiger partial charge in [-0.3, -0.25) is 9.59 Å². The Morgan fingerprint density at radius 2 is 2.15 bits per heavy atom. The highest BCUT2D eigenvalue weighted by Crippen LogP contribution is 2.24. The van der Waals surface area contributed by atoms with Gasteiger partial charge in [0.1, 0.15) is 5.75 Å². The molecule has 6 heteroatoms. The van der Waals surface area contributed by atoms with Crippen LogP contribution in [0.4, 0.5) is 5.69 Å². The minimum atomic E-state index is -0.152. The van der Waals surface area contributed by atoms with Crippen molar-refractivity contribution >= 4 is 29.1 Å². The lowest BCUT2D eigenvalue weighted by Gasteiger charge is -2.17. The first-order valence-electron chi connectivity index (χ1n) is 6.43. The van der Waals surface area contributed by atoms with Gasteiger partial charge in [0.2, 0.25) is 11.8 Å². The molecule has 1 aromatic rings. The first-order chi connectivity index (χ1) is 9.63. The highest BCUT2D eigenvalue weighted by molar-refractivity contribution is 6.18. The van der Waals surface area contributed by atoms with Crippen LogP contribution in [0.5, 0.6) is 5.75 Å². The molecule has 2 rings (SSSR count). The molecule has 0 aromatic heterocycles. The molecule has 1 fully saturated rings. The van der Waals surface area contributed by atoms with E-state index in [1.807, 2.05) is 24.3 Å². The molecule has 0 saturated carbocycles. The van der Waals surface area contributed by atoms with Crippen molar-refractivity contribution in [3.05, 3.63) is 24.3 Å². The molecule has 0 aliphatic carbocycles. The molecule has 1 aromatic carbocycles. The summed E-state index contributed by atoms with van der Waals surface area (Å²) in [6.45, 7) is 0.485. The highest BCUT2D eigenvalue weighted by Gasteiger charge is 2.31. The van der Waals surface area contributed by atoms with Crippen LogP contribution >= 0.6 is 11.6 Å². The second kappa shape index (κ2) is 6.61. The second-order valence-corrected chi connectivity index (χ2v) is 4.99. The standard InChI is InChI=1S/C14H17ClN2O3/c1-20-12-4-2-11(3-5-12)17-9-10(8-14(17)19)16-13(18)6-7-15/h2-5,10H,6-9H2,1H3,(H,16,18)/t10-/m0/s1. The number of carbonyl (C=O) groups is 2. The number of hydrogen-bond donors (Lipinski definition) is 1. The van der Waals surface area contributed by atoms with Gasteiger partial charge in [-0.1, -0.05) is 0 Å². The number of amides is 2. The van der Waals surface area contributed by atoms with Crippen LogP contribution < -0.4 is 15.0 Å². The summed E-state index contributed by atoms with van der Waals surface area (Å²) in [4.78, 5) is 25.2. The lowest BCUT2D eigenvalue weighted by Crippen LogP contribution is -2.37. The number of carbonyl (C=O) groups excluding carboxylic acids is 2. The Labute approximate surface area is 122 Å². The largest absolute Gasteiger partial charge is 0.497 e. The number of halogens is 1. The average Bonchev–Trinajstić information content (AvgIpc) is 2.80. The Hall–Kier alpha value is -1.75. The molecule has 1 atom stereocenters. The van der Waals surface area contributed by atoms with E-state index in [-0.39, 0.29) is 30.2 Å². The number of hydrogen-bond acceptors (Lipinski definition) is 3. The molecule has 5 nitrogen and oxygen atoms in total. The Morgan fingerprint density at radius 3 is 2.75 bits per heavy atom. The fourth-order valence-corrected chi connectivity index (χ4v) is 2.37. The minimum absolute atomic E-state index is 0.00587. The van der Waals surface area contributed by atoms with Gasteiger partial charge in [0, 0.05) is 31.0 Å². The van der Waals surface area contributed by atoms with Crippen LogP contribution in [0.15, 0.2) is 24.3 Å². The van der Waals surface area contributed by atoms with Crippen LogP contribution in [0.25, 0.3) is 0 Å². The van der Waals surface area contributed by atoms with Crippen molar-refractivity contribution < 1.29 is 14.3 Å². The maximum atomic E-state index is 12.0. The van der Waals surface area contributed by atoms with E-state index < -0.39 is 0 Å². The van der Waals surface area contributed by atoms with Crippen molar-refractivity contribution in [2.45, 2.75) is 18.9 Å². The third-order valence-electron chi connectivity index (χ3n) is 3.20. The lowest BCUT2D eigenvalue weighted by molar-refractivity contribution is -0.121. The predicted octanol–water partition coefficient (Wildman–Crippen LogP) is 1.55. The molecule has 1 aliphatic heterocycles. The number of anilines is 1. The molecule has 0 spiro atoms. The van der Waals surface area contributed by atoms with E-state index in [4.69, 9.17) is 16.3 Å². The van der Waals surface area contributed by atoms with E-state index in [1.54, 1.807) is 12.0 Å². The zero-order valence-electron chi connectivity index (χ0n) is 11.3. The zero-order valence-corrected chi connectivity index (χ0v) is 12.0. The minimum Gasteiger partial charge on any atom is -0.497 e. The van der Waals surface area contributed by atoms with E-state index >= 15 is 0 Å². The van der Waals surface area contributed by atoms with Crippen LogP contribution in [0.2, 0.25) is 0 Å². The van der Waals surface area contributed by atoms with E-state index in [2.05, 4.69) is 5.32 Å². The number of nitrogens with one attached hydrogen (secondary N) is 1.